The van der Waals surface area contributed by atoms with Crippen molar-refractivity contribution in [2.45, 2.75) is 54.7 Å². The first-order valence-corrected chi connectivity index (χ1v) is 11.0. The maximum absolute atomic E-state index is 13.3. The minimum Gasteiger partial charge on any atom is -0.385 e. The molecular formula is C22H25ClFNOS. The van der Waals surface area contributed by atoms with Crippen LogP contribution in [0.5, 0.6) is 0 Å². The lowest BCUT2D eigenvalue weighted by Gasteiger charge is -2.44. The molecule has 144 valence electrons. The van der Waals surface area contributed by atoms with Crippen molar-refractivity contribution in [3.8, 4) is 0 Å². The molecule has 2 unspecified atom stereocenters. The standard InChI is InChI=1S/C22H25ClFNOS/c23-17-7-5-16(6-8-17)22(26)14-19-9-10-20(15-22)25(19)11-2-12-27-21-4-1-3-18(24)13-21/h1,3-8,13,19-20,26H,2,9-12,14-15H2. The summed E-state index contributed by atoms with van der Waals surface area (Å²) in [5.74, 6) is 0.816. The van der Waals surface area contributed by atoms with Gasteiger partial charge in [0.1, 0.15) is 5.82 Å². The van der Waals surface area contributed by atoms with Crippen LogP contribution < -0.4 is 0 Å². The summed E-state index contributed by atoms with van der Waals surface area (Å²) in [6, 6.07) is 15.4. The Balaban J connectivity index is 1.32. The zero-order valence-electron chi connectivity index (χ0n) is 15.3. The molecule has 2 saturated heterocycles. The molecule has 2 atom stereocenters. The third-order valence-corrected chi connectivity index (χ3v) is 7.26. The quantitative estimate of drug-likeness (QED) is 0.508. The van der Waals surface area contributed by atoms with Gasteiger partial charge in [-0.1, -0.05) is 29.8 Å². The summed E-state index contributed by atoms with van der Waals surface area (Å²) in [6.45, 7) is 1.05. The van der Waals surface area contributed by atoms with Gasteiger partial charge < -0.3 is 5.11 Å². The molecule has 0 aliphatic carbocycles. The van der Waals surface area contributed by atoms with Crippen molar-refractivity contribution in [2.75, 3.05) is 12.3 Å². The molecular weight excluding hydrogens is 381 g/mol. The van der Waals surface area contributed by atoms with Crippen LogP contribution in [0.1, 0.15) is 37.7 Å². The Morgan fingerprint density at radius 3 is 2.48 bits per heavy atom. The van der Waals surface area contributed by atoms with E-state index in [2.05, 4.69) is 4.90 Å². The Hall–Kier alpha value is -1.07. The molecule has 0 aromatic heterocycles. The number of thioether (sulfide) groups is 1. The molecule has 2 aromatic carbocycles. The second-order valence-corrected chi connectivity index (χ2v) is 9.33. The zero-order chi connectivity index (χ0) is 18.9. The number of fused-ring (bicyclic) bond motifs is 2. The van der Waals surface area contributed by atoms with Gasteiger partial charge in [0, 0.05) is 22.0 Å². The molecule has 1 N–H and O–H groups in total. The van der Waals surface area contributed by atoms with Crippen LogP contribution >= 0.6 is 23.4 Å². The average Bonchev–Trinajstić information content (AvgIpc) is 2.89. The van der Waals surface area contributed by atoms with Gasteiger partial charge in [-0.3, -0.25) is 4.90 Å². The normalized spacial score (nSPS) is 27.8. The van der Waals surface area contributed by atoms with Crippen LogP contribution in [-0.4, -0.2) is 34.4 Å². The Morgan fingerprint density at radius 1 is 1.11 bits per heavy atom. The van der Waals surface area contributed by atoms with Crippen molar-refractivity contribution < 1.29 is 9.50 Å². The Kier molecular flexibility index (Phi) is 5.79. The van der Waals surface area contributed by atoms with Gasteiger partial charge in [0.05, 0.1) is 5.60 Å². The van der Waals surface area contributed by atoms with E-state index in [1.54, 1.807) is 23.9 Å². The molecule has 0 saturated carbocycles. The minimum atomic E-state index is -0.733. The molecule has 2 fully saturated rings. The van der Waals surface area contributed by atoms with Crippen molar-refractivity contribution in [3.05, 3.63) is 64.9 Å². The van der Waals surface area contributed by atoms with E-state index >= 15 is 0 Å². The zero-order valence-corrected chi connectivity index (χ0v) is 16.9. The summed E-state index contributed by atoms with van der Waals surface area (Å²) in [5, 5.41) is 12.0. The molecule has 4 rings (SSSR count). The molecule has 0 spiro atoms. The summed E-state index contributed by atoms with van der Waals surface area (Å²) < 4.78 is 13.3. The predicted molar refractivity (Wildman–Crippen MR) is 110 cm³/mol. The van der Waals surface area contributed by atoms with Crippen LogP contribution in [0, 0.1) is 5.82 Å². The fourth-order valence-corrected chi connectivity index (χ4v) is 5.68. The lowest BCUT2D eigenvalue weighted by molar-refractivity contribution is -0.0566. The first kappa shape index (κ1) is 19.3. The third kappa shape index (κ3) is 4.34. The van der Waals surface area contributed by atoms with Crippen LogP contribution in [0.4, 0.5) is 4.39 Å². The number of hydrogen-bond acceptors (Lipinski definition) is 3. The summed E-state index contributed by atoms with van der Waals surface area (Å²) in [7, 11) is 0. The van der Waals surface area contributed by atoms with Crippen molar-refractivity contribution in [1.82, 2.24) is 4.90 Å². The summed E-state index contributed by atoms with van der Waals surface area (Å²) in [6.07, 6.45) is 4.99. The maximum Gasteiger partial charge on any atom is 0.124 e. The van der Waals surface area contributed by atoms with Gasteiger partial charge in [-0.25, -0.2) is 4.39 Å². The number of hydrogen-bond donors (Lipinski definition) is 1. The van der Waals surface area contributed by atoms with Gasteiger partial charge in [-0.05, 0) is 80.3 Å². The highest BCUT2D eigenvalue weighted by Gasteiger charge is 2.47. The summed E-state index contributed by atoms with van der Waals surface area (Å²) in [5.41, 5.74) is 0.258. The Labute approximate surface area is 169 Å². The topological polar surface area (TPSA) is 23.5 Å². The molecule has 27 heavy (non-hydrogen) atoms. The minimum absolute atomic E-state index is 0.171. The van der Waals surface area contributed by atoms with Crippen LogP contribution in [0.25, 0.3) is 0 Å². The lowest BCUT2D eigenvalue weighted by Crippen LogP contribution is -2.49. The molecule has 2 heterocycles. The van der Waals surface area contributed by atoms with Crippen molar-refractivity contribution in [3.63, 3.8) is 0 Å². The highest BCUT2D eigenvalue weighted by atomic mass is 35.5. The van der Waals surface area contributed by atoms with Crippen molar-refractivity contribution in [2.24, 2.45) is 0 Å². The van der Waals surface area contributed by atoms with Gasteiger partial charge in [-0.2, -0.15) is 0 Å². The highest BCUT2D eigenvalue weighted by molar-refractivity contribution is 7.99. The second-order valence-electron chi connectivity index (χ2n) is 7.73. The number of aliphatic hydroxyl groups is 1. The van der Waals surface area contributed by atoms with Crippen molar-refractivity contribution in [1.29, 1.82) is 0 Å². The molecule has 5 heteroatoms. The van der Waals surface area contributed by atoms with E-state index in [-0.39, 0.29) is 5.82 Å². The number of benzene rings is 2. The van der Waals surface area contributed by atoms with E-state index in [9.17, 15) is 9.50 Å². The van der Waals surface area contributed by atoms with E-state index in [1.165, 1.54) is 6.07 Å². The van der Waals surface area contributed by atoms with E-state index in [1.807, 2.05) is 30.3 Å². The van der Waals surface area contributed by atoms with Crippen LogP contribution in [-0.2, 0) is 5.60 Å². The van der Waals surface area contributed by atoms with E-state index < -0.39 is 5.60 Å². The molecule has 2 aliphatic heterocycles. The Morgan fingerprint density at radius 2 is 1.81 bits per heavy atom. The van der Waals surface area contributed by atoms with Gasteiger partial charge in [0.15, 0.2) is 0 Å². The third-order valence-electron chi connectivity index (χ3n) is 5.92. The van der Waals surface area contributed by atoms with E-state index in [0.717, 1.165) is 54.9 Å². The van der Waals surface area contributed by atoms with Gasteiger partial charge >= 0.3 is 0 Å². The first-order valence-electron chi connectivity index (χ1n) is 9.66. The van der Waals surface area contributed by atoms with Crippen molar-refractivity contribution >= 4 is 23.4 Å². The second kappa shape index (κ2) is 8.12. The highest BCUT2D eigenvalue weighted by Crippen LogP contribution is 2.45. The number of piperidine rings is 1. The molecule has 2 nitrogen and oxygen atoms in total. The predicted octanol–water partition coefficient (Wildman–Crippen LogP) is 5.48. The van der Waals surface area contributed by atoms with Crippen LogP contribution in [0.3, 0.4) is 0 Å². The smallest absolute Gasteiger partial charge is 0.124 e. The first-order chi connectivity index (χ1) is 13.0. The van der Waals surface area contributed by atoms with E-state index in [4.69, 9.17) is 11.6 Å². The number of rotatable bonds is 6. The number of halogens is 2. The van der Waals surface area contributed by atoms with E-state index in [0.29, 0.717) is 17.1 Å². The average molecular weight is 406 g/mol. The van der Waals surface area contributed by atoms with Gasteiger partial charge in [0.25, 0.3) is 0 Å². The molecule has 2 bridgehead atoms. The van der Waals surface area contributed by atoms with Crippen LogP contribution in [0.2, 0.25) is 5.02 Å². The summed E-state index contributed by atoms with van der Waals surface area (Å²) >= 11 is 7.72. The molecule has 2 aliphatic rings. The Bertz CT molecular complexity index is 770. The van der Waals surface area contributed by atoms with Gasteiger partial charge in [0.2, 0.25) is 0 Å². The molecule has 0 radical (unpaired) electrons. The lowest BCUT2D eigenvalue weighted by atomic mass is 9.80. The molecule has 0 amide bonds. The SMILES string of the molecule is OC1(c2ccc(Cl)cc2)CC2CCC(C1)N2CCCSc1cccc(F)c1. The molecule has 2 aromatic rings. The monoisotopic (exact) mass is 405 g/mol. The fraction of sp³-hybridized carbons (Fsp3) is 0.455. The van der Waals surface area contributed by atoms with Gasteiger partial charge in [-0.15, -0.1) is 11.8 Å². The largest absolute Gasteiger partial charge is 0.385 e. The van der Waals surface area contributed by atoms with Crippen LogP contribution in [0.15, 0.2) is 53.4 Å². The number of nitrogens with zero attached hydrogens (tertiary/aromatic N) is 1. The maximum atomic E-state index is 13.3. The summed E-state index contributed by atoms with van der Waals surface area (Å²) in [4.78, 5) is 3.59. The fourth-order valence-electron chi connectivity index (χ4n) is 4.67.